The Balaban J connectivity index is 1.79. The van der Waals surface area contributed by atoms with Crippen LogP contribution >= 0.6 is 0 Å². The van der Waals surface area contributed by atoms with Gasteiger partial charge < -0.3 is 15.7 Å². The lowest BCUT2D eigenvalue weighted by Gasteiger charge is -2.24. The van der Waals surface area contributed by atoms with E-state index in [2.05, 4.69) is 17.6 Å². The van der Waals surface area contributed by atoms with Crippen molar-refractivity contribution in [1.29, 1.82) is 0 Å². The molecule has 3 N–H and O–H groups in total. The number of hydrogen-bond acceptors (Lipinski definition) is 2. The molecule has 0 bridgehead atoms. The van der Waals surface area contributed by atoms with Gasteiger partial charge in [-0.25, -0.2) is 9.18 Å². The summed E-state index contributed by atoms with van der Waals surface area (Å²) in [5.74, 6) is 0.245. The van der Waals surface area contributed by atoms with Crippen LogP contribution in [0.1, 0.15) is 38.7 Å². The summed E-state index contributed by atoms with van der Waals surface area (Å²) in [6.07, 6.45) is 3.30. The fourth-order valence-corrected chi connectivity index (χ4v) is 2.50. The van der Waals surface area contributed by atoms with Crippen LogP contribution in [-0.4, -0.2) is 23.7 Å². The van der Waals surface area contributed by atoms with Crippen LogP contribution in [0.3, 0.4) is 0 Å². The third-order valence-electron chi connectivity index (χ3n) is 3.96. The van der Waals surface area contributed by atoms with Gasteiger partial charge in [0.1, 0.15) is 11.4 Å². The summed E-state index contributed by atoms with van der Waals surface area (Å²) >= 11 is 0. The molecule has 1 aromatic carbocycles. The molecule has 21 heavy (non-hydrogen) atoms. The standard InChI is InChI=1S/C16H23FN2O2/c1-3-4-11-9-14(11)19-15(20)18-10-16(2,21)12-5-7-13(17)8-6-12/h5-8,11,14,21H,3-4,9-10H2,1-2H3,(H2,18,19,20). The van der Waals surface area contributed by atoms with Crippen molar-refractivity contribution in [3.8, 4) is 0 Å². The van der Waals surface area contributed by atoms with Gasteiger partial charge in [0.25, 0.3) is 0 Å². The SMILES string of the molecule is CCCC1CC1NC(=O)NCC(C)(O)c1ccc(F)cc1. The summed E-state index contributed by atoms with van der Waals surface area (Å²) in [4.78, 5) is 11.8. The number of benzene rings is 1. The first-order chi connectivity index (χ1) is 9.92. The largest absolute Gasteiger partial charge is 0.384 e. The van der Waals surface area contributed by atoms with Crippen LogP contribution in [0.4, 0.5) is 9.18 Å². The van der Waals surface area contributed by atoms with Gasteiger partial charge in [-0.05, 0) is 43.4 Å². The van der Waals surface area contributed by atoms with Gasteiger partial charge in [0.05, 0.1) is 6.54 Å². The summed E-state index contributed by atoms with van der Waals surface area (Å²) < 4.78 is 12.9. The Morgan fingerprint density at radius 1 is 1.43 bits per heavy atom. The van der Waals surface area contributed by atoms with Crippen molar-refractivity contribution in [1.82, 2.24) is 10.6 Å². The number of amides is 2. The first-order valence-corrected chi connectivity index (χ1v) is 7.45. The molecule has 2 amide bonds. The zero-order valence-electron chi connectivity index (χ0n) is 12.5. The molecule has 3 unspecified atom stereocenters. The highest BCUT2D eigenvalue weighted by molar-refractivity contribution is 5.74. The van der Waals surface area contributed by atoms with Gasteiger partial charge >= 0.3 is 6.03 Å². The number of rotatable bonds is 6. The second kappa shape index (κ2) is 6.43. The lowest BCUT2D eigenvalue weighted by molar-refractivity contribution is 0.0593. The molecule has 4 nitrogen and oxygen atoms in total. The van der Waals surface area contributed by atoms with E-state index in [1.807, 2.05) is 0 Å². The summed E-state index contributed by atoms with van der Waals surface area (Å²) in [5.41, 5.74) is -0.656. The smallest absolute Gasteiger partial charge is 0.315 e. The average Bonchev–Trinajstić information content (AvgIpc) is 3.15. The van der Waals surface area contributed by atoms with Crippen molar-refractivity contribution < 1.29 is 14.3 Å². The quantitative estimate of drug-likeness (QED) is 0.755. The molecule has 1 aliphatic rings. The van der Waals surface area contributed by atoms with Crippen molar-refractivity contribution in [2.45, 2.75) is 44.8 Å². The molecule has 5 heteroatoms. The maximum atomic E-state index is 12.9. The van der Waals surface area contributed by atoms with E-state index >= 15 is 0 Å². The van der Waals surface area contributed by atoms with Crippen LogP contribution in [0.2, 0.25) is 0 Å². The highest BCUT2D eigenvalue weighted by Gasteiger charge is 2.37. The molecule has 116 valence electrons. The number of carbonyl (C=O) groups excluding carboxylic acids is 1. The van der Waals surface area contributed by atoms with E-state index in [0.29, 0.717) is 11.5 Å². The zero-order chi connectivity index (χ0) is 15.5. The fourth-order valence-electron chi connectivity index (χ4n) is 2.50. The molecule has 1 aliphatic carbocycles. The van der Waals surface area contributed by atoms with Gasteiger partial charge in [0.15, 0.2) is 0 Å². The van der Waals surface area contributed by atoms with Crippen LogP contribution in [0.5, 0.6) is 0 Å². The molecule has 0 radical (unpaired) electrons. The monoisotopic (exact) mass is 294 g/mol. The molecule has 0 aromatic heterocycles. The van der Waals surface area contributed by atoms with Gasteiger partial charge in [-0.3, -0.25) is 0 Å². The number of nitrogens with one attached hydrogen (secondary N) is 2. The number of aliphatic hydroxyl groups is 1. The molecular weight excluding hydrogens is 271 g/mol. The van der Waals surface area contributed by atoms with Gasteiger partial charge in [-0.2, -0.15) is 0 Å². The third kappa shape index (κ3) is 4.43. The molecule has 0 saturated heterocycles. The average molecular weight is 294 g/mol. The Hall–Kier alpha value is -1.62. The van der Waals surface area contributed by atoms with E-state index in [9.17, 15) is 14.3 Å². The zero-order valence-corrected chi connectivity index (χ0v) is 12.5. The Morgan fingerprint density at radius 3 is 2.71 bits per heavy atom. The molecule has 0 spiro atoms. The van der Waals surface area contributed by atoms with Gasteiger partial charge in [0.2, 0.25) is 0 Å². The van der Waals surface area contributed by atoms with E-state index in [0.717, 1.165) is 19.3 Å². The lowest BCUT2D eigenvalue weighted by Crippen LogP contribution is -2.44. The number of hydrogen-bond donors (Lipinski definition) is 3. The first-order valence-electron chi connectivity index (χ1n) is 7.45. The Kier molecular flexibility index (Phi) is 4.83. The second-order valence-corrected chi connectivity index (χ2v) is 6.00. The fraction of sp³-hybridized carbons (Fsp3) is 0.562. The summed E-state index contributed by atoms with van der Waals surface area (Å²) in [5, 5.41) is 15.9. The van der Waals surface area contributed by atoms with Gasteiger partial charge in [-0.1, -0.05) is 25.5 Å². The van der Waals surface area contributed by atoms with Crippen molar-refractivity contribution in [2.24, 2.45) is 5.92 Å². The highest BCUT2D eigenvalue weighted by Crippen LogP contribution is 2.34. The van der Waals surface area contributed by atoms with Crippen LogP contribution < -0.4 is 10.6 Å². The van der Waals surface area contributed by atoms with Crippen molar-refractivity contribution in [3.63, 3.8) is 0 Å². The molecule has 1 saturated carbocycles. The minimum atomic E-state index is -1.22. The molecular formula is C16H23FN2O2. The number of carbonyl (C=O) groups is 1. The Labute approximate surface area is 124 Å². The van der Waals surface area contributed by atoms with Crippen molar-refractivity contribution in [3.05, 3.63) is 35.6 Å². The van der Waals surface area contributed by atoms with E-state index in [1.54, 1.807) is 6.92 Å². The second-order valence-electron chi connectivity index (χ2n) is 6.00. The summed E-state index contributed by atoms with van der Waals surface area (Å²) in [6, 6.07) is 5.63. The van der Waals surface area contributed by atoms with Gasteiger partial charge in [0, 0.05) is 6.04 Å². The first kappa shape index (κ1) is 15.8. The number of halogens is 1. The van der Waals surface area contributed by atoms with Crippen LogP contribution in [0, 0.1) is 11.7 Å². The van der Waals surface area contributed by atoms with Crippen molar-refractivity contribution in [2.75, 3.05) is 6.54 Å². The minimum absolute atomic E-state index is 0.0790. The molecule has 1 aromatic rings. The molecule has 0 heterocycles. The number of urea groups is 1. The predicted octanol–water partition coefficient (Wildman–Crippen LogP) is 2.52. The van der Waals surface area contributed by atoms with E-state index in [1.165, 1.54) is 24.3 Å². The molecule has 1 fully saturated rings. The van der Waals surface area contributed by atoms with Crippen molar-refractivity contribution >= 4 is 6.03 Å². The Morgan fingerprint density at radius 2 is 2.10 bits per heavy atom. The minimum Gasteiger partial charge on any atom is -0.384 e. The predicted molar refractivity (Wildman–Crippen MR) is 79.3 cm³/mol. The summed E-state index contributed by atoms with van der Waals surface area (Å²) in [6.45, 7) is 3.81. The normalized spacial score (nSPS) is 23.2. The maximum absolute atomic E-state index is 12.9. The van der Waals surface area contributed by atoms with E-state index in [4.69, 9.17) is 0 Å². The van der Waals surface area contributed by atoms with Crippen LogP contribution in [-0.2, 0) is 5.60 Å². The Bertz CT molecular complexity index is 488. The maximum Gasteiger partial charge on any atom is 0.315 e. The molecule has 2 rings (SSSR count). The summed E-state index contributed by atoms with van der Waals surface area (Å²) in [7, 11) is 0. The molecule has 0 aliphatic heterocycles. The van der Waals surface area contributed by atoms with Gasteiger partial charge in [-0.15, -0.1) is 0 Å². The molecule has 3 atom stereocenters. The lowest BCUT2D eigenvalue weighted by atomic mass is 9.96. The van der Waals surface area contributed by atoms with Crippen LogP contribution in [0.15, 0.2) is 24.3 Å². The van der Waals surface area contributed by atoms with Crippen LogP contribution in [0.25, 0.3) is 0 Å². The topological polar surface area (TPSA) is 61.4 Å². The third-order valence-corrected chi connectivity index (χ3v) is 3.96. The highest BCUT2D eigenvalue weighted by atomic mass is 19.1. The van der Waals surface area contributed by atoms with E-state index in [-0.39, 0.29) is 24.4 Å². The van der Waals surface area contributed by atoms with E-state index < -0.39 is 5.60 Å².